The summed E-state index contributed by atoms with van der Waals surface area (Å²) in [5, 5.41) is 13.5. The Morgan fingerprint density at radius 3 is 2.60 bits per heavy atom. The van der Waals surface area contributed by atoms with Crippen LogP contribution in [-0.4, -0.2) is 32.5 Å². The van der Waals surface area contributed by atoms with Gasteiger partial charge in [0.25, 0.3) is 0 Å². The molecule has 7 nitrogen and oxygen atoms in total. The molecule has 0 aliphatic carbocycles. The van der Waals surface area contributed by atoms with Crippen LogP contribution in [0.4, 0.5) is 14.5 Å². The summed E-state index contributed by atoms with van der Waals surface area (Å²) in [7, 11) is -4.28. The minimum atomic E-state index is -4.28. The van der Waals surface area contributed by atoms with Gasteiger partial charge in [0.05, 0.1) is 4.92 Å². The van der Waals surface area contributed by atoms with Crippen molar-refractivity contribution in [1.29, 1.82) is 0 Å². The highest BCUT2D eigenvalue weighted by molar-refractivity contribution is 7.89. The molecule has 0 radical (unpaired) electrons. The minimum absolute atomic E-state index is 0.194. The molecule has 1 aromatic carbocycles. The number of nitrogens with one attached hydrogen (secondary N) is 2. The van der Waals surface area contributed by atoms with Crippen LogP contribution >= 0.6 is 0 Å². The van der Waals surface area contributed by atoms with Gasteiger partial charge in [0.2, 0.25) is 15.8 Å². The lowest BCUT2D eigenvalue weighted by Gasteiger charge is -2.12. The largest absolute Gasteiger partial charge is 0.315 e. The van der Waals surface area contributed by atoms with Crippen LogP contribution in [0.15, 0.2) is 17.0 Å². The van der Waals surface area contributed by atoms with E-state index in [1.54, 1.807) is 0 Å². The topological polar surface area (TPSA) is 101 Å². The monoisotopic (exact) mass is 307 g/mol. The fraction of sp³-hybridized carbons (Fsp3) is 0.400. The van der Waals surface area contributed by atoms with E-state index in [-0.39, 0.29) is 6.07 Å². The summed E-state index contributed by atoms with van der Waals surface area (Å²) >= 11 is 0. The van der Waals surface area contributed by atoms with Crippen molar-refractivity contribution < 1.29 is 22.1 Å². The summed E-state index contributed by atoms with van der Waals surface area (Å²) in [6.45, 7) is 0.989. The van der Waals surface area contributed by atoms with E-state index in [0.29, 0.717) is 25.6 Å². The fourth-order valence-electron chi connectivity index (χ4n) is 1.90. The number of nitro groups is 1. The molecule has 0 bridgehead atoms. The van der Waals surface area contributed by atoms with Gasteiger partial charge in [0.15, 0.2) is 0 Å². The molecule has 1 fully saturated rings. The Kier molecular flexibility index (Phi) is 3.97. The molecule has 1 aromatic rings. The summed E-state index contributed by atoms with van der Waals surface area (Å²) < 4.78 is 52.9. The van der Waals surface area contributed by atoms with Crippen LogP contribution in [-0.2, 0) is 10.0 Å². The third-order valence-corrected chi connectivity index (χ3v) is 4.41. The smallest absolute Gasteiger partial charge is 0.306 e. The van der Waals surface area contributed by atoms with E-state index in [0.717, 1.165) is 0 Å². The van der Waals surface area contributed by atoms with Crippen LogP contribution in [0.25, 0.3) is 0 Å². The normalized spacial score (nSPS) is 19.2. The predicted octanol–water partition coefficient (Wildman–Crippen LogP) is 0.513. The van der Waals surface area contributed by atoms with Gasteiger partial charge >= 0.3 is 5.69 Å². The van der Waals surface area contributed by atoms with Gasteiger partial charge in [-0.25, -0.2) is 17.5 Å². The Labute approximate surface area is 113 Å². The molecule has 1 saturated heterocycles. The highest BCUT2D eigenvalue weighted by Crippen LogP contribution is 2.25. The summed E-state index contributed by atoms with van der Waals surface area (Å²) in [5.41, 5.74) is -1.09. The Hall–Kier alpha value is -1.65. The molecule has 1 unspecified atom stereocenters. The zero-order valence-electron chi connectivity index (χ0n) is 10.1. The van der Waals surface area contributed by atoms with Crippen molar-refractivity contribution in [3.05, 3.63) is 33.9 Å². The maximum atomic E-state index is 13.6. The average molecular weight is 307 g/mol. The Morgan fingerprint density at radius 1 is 1.35 bits per heavy atom. The van der Waals surface area contributed by atoms with Gasteiger partial charge in [-0.15, -0.1) is 0 Å². The second kappa shape index (κ2) is 5.38. The van der Waals surface area contributed by atoms with Crippen molar-refractivity contribution >= 4 is 15.7 Å². The molecule has 20 heavy (non-hydrogen) atoms. The molecular weight excluding hydrogens is 296 g/mol. The Bertz CT molecular complexity index is 644. The number of halogens is 2. The lowest BCUT2D eigenvalue weighted by Crippen LogP contribution is -2.36. The third kappa shape index (κ3) is 2.92. The fourth-order valence-corrected chi connectivity index (χ4v) is 3.25. The van der Waals surface area contributed by atoms with Crippen molar-refractivity contribution in [3.63, 3.8) is 0 Å². The molecule has 1 aliphatic heterocycles. The van der Waals surface area contributed by atoms with Crippen molar-refractivity contribution in [2.24, 2.45) is 0 Å². The van der Waals surface area contributed by atoms with Crippen molar-refractivity contribution in [3.8, 4) is 0 Å². The summed E-state index contributed by atoms with van der Waals surface area (Å²) in [6.07, 6.45) is 0.518. The Balaban J connectivity index is 2.40. The predicted molar refractivity (Wildman–Crippen MR) is 64.6 cm³/mol. The second-order valence-electron chi connectivity index (χ2n) is 4.30. The first-order valence-corrected chi connectivity index (χ1v) is 7.16. The van der Waals surface area contributed by atoms with Crippen LogP contribution in [0.5, 0.6) is 0 Å². The quantitative estimate of drug-likeness (QED) is 0.623. The molecule has 0 aromatic heterocycles. The molecule has 0 saturated carbocycles. The van der Waals surface area contributed by atoms with E-state index in [2.05, 4.69) is 10.0 Å². The highest BCUT2D eigenvalue weighted by atomic mass is 32.2. The van der Waals surface area contributed by atoms with Gasteiger partial charge < -0.3 is 5.32 Å². The van der Waals surface area contributed by atoms with Gasteiger partial charge in [-0.2, -0.15) is 4.39 Å². The molecular formula is C10H11F2N3O4S. The van der Waals surface area contributed by atoms with Crippen molar-refractivity contribution in [2.45, 2.75) is 17.4 Å². The van der Waals surface area contributed by atoms with Gasteiger partial charge in [-0.1, -0.05) is 0 Å². The van der Waals surface area contributed by atoms with Gasteiger partial charge in [0.1, 0.15) is 10.7 Å². The standard InChI is InChI=1S/C10H11F2N3O4S/c11-7-3-8(12)10(4-9(7)15(16)17)20(18,19)14-6-1-2-13-5-6/h3-4,6,13-14H,1-2,5H2. The van der Waals surface area contributed by atoms with Crippen LogP contribution < -0.4 is 10.0 Å². The average Bonchev–Trinajstić information content (AvgIpc) is 2.79. The zero-order chi connectivity index (χ0) is 14.9. The van der Waals surface area contributed by atoms with Crippen LogP contribution in [0.1, 0.15) is 6.42 Å². The molecule has 2 N–H and O–H groups in total. The lowest BCUT2D eigenvalue weighted by atomic mass is 10.3. The van der Waals surface area contributed by atoms with Gasteiger partial charge in [-0.3, -0.25) is 10.1 Å². The van der Waals surface area contributed by atoms with E-state index in [1.807, 2.05) is 0 Å². The highest BCUT2D eigenvalue weighted by Gasteiger charge is 2.29. The number of rotatable bonds is 4. The number of nitro benzene ring substituents is 1. The first kappa shape index (κ1) is 14.8. The second-order valence-corrected chi connectivity index (χ2v) is 5.98. The molecule has 1 atom stereocenters. The molecule has 2 rings (SSSR count). The van der Waals surface area contributed by atoms with E-state index < -0.39 is 43.2 Å². The number of hydrogen-bond acceptors (Lipinski definition) is 5. The van der Waals surface area contributed by atoms with Crippen LogP contribution in [0, 0.1) is 21.7 Å². The van der Waals surface area contributed by atoms with Crippen LogP contribution in [0.3, 0.4) is 0 Å². The van der Waals surface area contributed by atoms with E-state index in [1.165, 1.54) is 0 Å². The van der Waals surface area contributed by atoms with Gasteiger partial charge in [0, 0.05) is 24.7 Å². The molecule has 1 heterocycles. The van der Waals surface area contributed by atoms with Crippen LogP contribution in [0.2, 0.25) is 0 Å². The number of benzene rings is 1. The number of nitrogens with zero attached hydrogens (tertiary/aromatic N) is 1. The summed E-state index contributed by atoms with van der Waals surface area (Å²) in [4.78, 5) is 8.54. The van der Waals surface area contributed by atoms with Crippen molar-refractivity contribution in [1.82, 2.24) is 10.0 Å². The molecule has 110 valence electrons. The maximum Gasteiger partial charge on any atom is 0.306 e. The molecule has 1 aliphatic rings. The molecule has 0 spiro atoms. The van der Waals surface area contributed by atoms with E-state index >= 15 is 0 Å². The SMILES string of the molecule is O=[N+]([O-])c1cc(S(=O)(=O)NC2CCNC2)c(F)cc1F. The third-order valence-electron chi connectivity index (χ3n) is 2.87. The summed E-state index contributed by atoms with van der Waals surface area (Å²) in [5.74, 6) is -2.79. The van der Waals surface area contributed by atoms with Crippen molar-refractivity contribution in [2.75, 3.05) is 13.1 Å². The summed E-state index contributed by atoms with van der Waals surface area (Å²) in [6, 6.07) is 0.151. The lowest BCUT2D eigenvalue weighted by molar-refractivity contribution is -0.387. The first-order valence-electron chi connectivity index (χ1n) is 5.68. The Morgan fingerprint density at radius 2 is 2.05 bits per heavy atom. The van der Waals surface area contributed by atoms with E-state index in [4.69, 9.17) is 0 Å². The minimum Gasteiger partial charge on any atom is -0.315 e. The zero-order valence-corrected chi connectivity index (χ0v) is 10.9. The first-order chi connectivity index (χ1) is 9.31. The van der Waals surface area contributed by atoms with E-state index in [9.17, 15) is 27.3 Å². The maximum absolute atomic E-state index is 13.6. The van der Waals surface area contributed by atoms with Gasteiger partial charge in [-0.05, 0) is 13.0 Å². The number of hydrogen-bond donors (Lipinski definition) is 2. The molecule has 0 amide bonds. The molecule has 10 heteroatoms. The number of sulfonamides is 1.